The normalized spacial score (nSPS) is 12.9. The number of rotatable bonds is 5. The van der Waals surface area contributed by atoms with Crippen LogP contribution in [0.25, 0.3) is 131 Å². The molecule has 69 heavy (non-hydrogen) atoms. The molecule has 0 N–H and O–H groups in total. The summed E-state index contributed by atoms with van der Waals surface area (Å²) >= 11 is 0. The summed E-state index contributed by atoms with van der Waals surface area (Å²) in [6, 6.07) is 90.9. The molecule has 1 aliphatic carbocycles. The molecule has 0 bridgehead atoms. The van der Waals surface area contributed by atoms with E-state index in [0.29, 0.717) is 0 Å². The Balaban J connectivity index is 0.939. The molecule has 0 heterocycles. The molecule has 0 radical (unpaired) electrons. The van der Waals surface area contributed by atoms with E-state index in [2.05, 4.69) is 257 Å². The van der Waals surface area contributed by atoms with Crippen LogP contribution in [0, 0.1) is 0 Å². The van der Waals surface area contributed by atoms with Crippen LogP contribution in [-0.4, -0.2) is 0 Å². The molecule has 0 unspecified atom stereocenters. The molecule has 0 saturated carbocycles. The molecule has 13 aromatic rings. The van der Waals surface area contributed by atoms with Crippen molar-refractivity contribution < 1.29 is 0 Å². The first kappa shape index (κ1) is 39.6. The van der Waals surface area contributed by atoms with E-state index in [4.69, 9.17) is 0 Å². The predicted octanol–water partition coefficient (Wildman–Crippen LogP) is 19.2. The minimum Gasteiger partial charge on any atom is -0.0619 e. The molecule has 14 rings (SSSR count). The highest BCUT2D eigenvalue weighted by atomic mass is 14.4. The lowest BCUT2D eigenvalue weighted by atomic mass is 9.80. The maximum absolute atomic E-state index is 2.47. The molecule has 0 fully saturated rings. The van der Waals surface area contributed by atoms with Gasteiger partial charge in [0.15, 0.2) is 0 Å². The third-order valence-corrected chi connectivity index (χ3v) is 15.4. The monoisotopic (exact) mass is 874 g/mol. The van der Waals surface area contributed by atoms with Crippen LogP contribution in [0.5, 0.6) is 0 Å². The summed E-state index contributed by atoms with van der Waals surface area (Å²) in [5.41, 5.74) is 17.8. The van der Waals surface area contributed by atoms with Crippen LogP contribution in [0.2, 0.25) is 0 Å². The van der Waals surface area contributed by atoms with Gasteiger partial charge in [0, 0.05) is 5.41 Å². The summed E-state index contributed by atoms with van der Waals surface area (Å²) in [5.74, 6) is 0. The van der Waals surface area contributed by atoms with Crippen molar-refractivity contribution in [1.82, 2.24) is 0 Å². The molecule has 322 valence electrons. The highest BCUT2D eigenvalue weighted by molar-refractivity contribution is 6.24. The van der Waals surface area contributed by atoms with E-state index >= 15 is 0 Å². The van der Waals surface area contributed by atoms with Crippen LogP contribution >= 0.6 is 0 Å². The second-order valence-electron chi connectivity index (χ2n) is 19.5. The van der Waals surface area contributed by atoms with Gasteiger partial charge in [-0.15, -0.1) is 0 Å². The van der Waals surface area contributed by atoms with E-state index in [0.717, 1.165) is 0 Å². The van der Waals surface area contributed by atoms with E-state index in [1.807, 2.05) is 0 Å². The molecular formula is C69H46. The maximum atomic E-state index is 2.47. The van der Waals surface area contributed by atoms with Gasteiger partial charge in [0.25, 0.3) is 0 Å². The van der Waals surface area contributed by atoms with E-state index in [9.17, 15) is 0 Å². The molecule has 0 aromatic heterocycles. The predicted molar refractivity (Wildman–Crippen MR) is 296 cm³/mol. The van der Waals surface area contributed by atoms with Gasteiger partial charge in [-0.3, -0.25) is 0 Å². The van der Waals surface area contributed by atoms with Gasteiger partial charge in [0.05, 0.1) is 0 Å². The van der Waals surface area contributed by atoms with Crippen molar-refractivity contribution in [3.8, 4) is 66.8 Å². The van der Waals surface area contributed by atoms with Gasteiger partial charge in [-0.25, -0.2) is 0 Å². The fourth-order valence-corrected chi connectivity index (χ4v) is 12.1. The summed E-state index contributed by atoms with van der Waals surface area (Å²) in [7, 11) is 0. The zero-order valence-corrected chi connectivity index (χ0v) is 38.6. The van der Waals surface area contributed by atoms with E-state index in [1.54, 1.807) is 0 Å². The quantitative estimate of drug-likeness (QED) is 0.151. The van der Waals surface area contributed by atoms with Crippen molar-refractivity contribution in [2.45, 2.75) is 19.3 Å². The average Bonchev–Trinajstić information content (AvgIpc) is 3.63. The molecular weight excluding hydrogens is 829 g/mol. The SMILES string of the molecule is CC1(C)c2ccccc2-c2ccc(-c3c4ccccc4c(-c4ccc(-c5ccc6c(-c7ccc8ccccc8c7)c7ccccc7c(-c7ccc8ccccc8c7)c6c5)cc4)c4ccccc34)cc21. The Kier molecular flexibility index (Phi) is 8.73. The van der Waals surface area contributed by atoms with Gasteiger partial charge in [-0.05, 0) is 167 Å². The Morgan fingerprint density at radius 1 is 0.217 bits per heavy atom. The van der Waals surface area contributed by atoms with E-state index < -0.39 is 0 Å². The molecule has 0 aliphatic heterocycles. The summed E-state index contributed by atoms with van der Waals surface area (Å²) < 4.78 is 0. The van der Waals surface area contributed by atoms with Crippen molar-refractivity contribution in [3.63, 3.8) is 0 Å². The Labute approximate surface area is 402 Å². The first-order chi connectivity index (χ1) is 34.0. The summed E-state index contributed by atoms with van der Waals surface area (Å²) in [6.45, 7) is 4.75. The molecule has 0 saturated heterocycles. The number of fused-ring (bicyclic) bond motifs is 9. The van der Waals surface area contributed by atoms with Gasteiger partial charge < -0.3 is 0 Å². The van der Waals surface area contributed by atoms with Crippen molar-refractivity contribution in [3.05, 3.63) is 254 Å². The number of hydrogen-bond acceptors (Lipinski definition) is 0. The Bertz CT molecular complexity index is 4200. The van der Waals surface area contributed by atoms with Gasteiger partial charge in [0.1, 0.15) is 0 Å². The summed E-state index contributed by atoms with van der Waals surface area (Å²) in [4.78, 5) is 0. The van der Waals surface area contributed by atoms with Crippen LogP contribution in [0.1, 0.15) is 25.0 Å². The lowest BCUT2D eigenvalue weighted by Gasteiger charge is -2.23. The standard InChI is InChI=1S/C69H46/c1-69(2)63-26-14-13-19-53(63)54-37-36-52(42-64(54)69)67-57-22-9-7-20-55(57)65(56-21-8-10-23-58(56)67)46-31-27-45(28-32-46)49-35-38-61-62(41-49)68(51-34-30-44-16-4-6-18-48(44)40-51)60-25-12-11-24-59(60)66(61)50-33-29-43-15-3-5-17-47(43)39-50/h3-42H,1-2H3. The minimum absolute atomic E-state index is 0.0778. The Hall–Kier alpha value is -8.58. The van der Waals surface area contributed by atoms with Crippen molar-refractivity contribution in [2.24, 2.45) is 0 Å². The zero-order valence-electron chi connectivity index (χ0n) is 38.6. The molecule has 0 spiro atoms. The van der Waals surface area contributed by atoms with E-state index in [-0.39, 0.29) is 5.41 Å². The third kappa shape index (κ3) is 6.09. The van der Waals surface area contributed by atoms with Crippen LogP contribution in [-0.2, 0) is 5.41 Å². The second kappa shape index (κ2) is 15.2. The number of benzene rings is 13. The highest BCUT2D eigenvalue weighted by Gasteiger charge is 2.35. The maximum Gasteiger partial charge on any atom is 0.0159 e. The van der Waals surface area contributed by atoms with Crippen LogP contribution in [0.15, 0.2) is 243 Å². The topological polar surface area (TPSA) is 0 Å². The fourth-order valence-electron chi connectivity index (χ4n) is 12.1. The van der Waals surface area contributed by atoms with Crippen molar-refractivity contribution >= 4 is 64.6 Å². The van der Waals surface area contributed by atoms with Crippen molar-refractivity contribution in [1.29, 1.82) is 0 Å². The second-order valence-corrected chi connectivity index (χ2v) is 19.5. The zero-order chi connectivity index (χ0) is 45.8. The summed E-state index contributed by atoms with van der Waals surface area (Å²) in [6.07, 6.45) is 0. The average molecular weight is 875 g/mol. The van der Waals surface area contributed by atoms with Crippen LogP contribution in [0.4, 0.5) is 0 Å². The molecule has 1 aliphatic rings. The Morgan fingerprint density at radius 3 is 1.13 bits per heavy atom. The molecule has 0 heteroatoms. The van der Waals surface area contributed by atoms with Gasteiger partial charge in [-0.1, -0.05) is 232 Å². The lowest BCUT2D eigenvalue weighted by Crippen LogP contribution is -2.14. The van der Waals surface area contributed by atoms with Crippen molar-refractivity contribution in [2.75, 3.05) is 0 Å². The first-order valence-corrected chi connectivity index (χ1v) is 24.2. The van der Waals surface area contributed by atoms with Gasteiger partial charge in [0.2, 0.25) is 0 Å². The minimum atomic E-state index is -0.0778. The number of hydrogen-bond donors (Lipinski definition) is 0. The fraction of sp³-hybridized carbons (Fsp3) is 0.0435. The smallest absolute Gasteiger partial charge is 0.0159 e. The first-order valence-electron chi connectivity index (χ1n) is 24.2. The van der Waals surface area contributed by atoms with Gasteiger partial charge in [-0.2, -0.15) is 0 Å². The molecule has 13 aromatic carbocycles. The third-order valence-electron chi connectivity index (χ3n) is 15.4. The van der Waals surface area contributed by atoms with E-state index in [1.165, 1.54) is 143 Å². The summed E-state index contributed by atoms with van der Waals surface area (Å²) in [5, 5.41) is 15.1. The lowest BCUT2D eigenvalue weighted by molar-refractivity contribution is 0.660. The van der Waals surface area contributed by atoms with Gasteiger partial charge >= 0.3 is 0 Å². The Morgan fingerprint density at radius 2 is 0.580 bits per heavy atom. The highest BCUT2D eigenvalue weighted by Crippen LogP contribution is 2.52. The molecule has 0 nitrogen and oxygen atoms in total. The molecule has 0 atom stereocenters. The molecule has 0 amide bonds. The largest absolute Gasteiger partial charge is 0.0619 e. The van der Waals surface area contributed by atoms with Crippen LogP contribution in [0.3, 0.4) is 0 Å². The van der Waals surface area contributed by atoms with Crippen LogP contribution < -0.4 is 0 Å².